The quantitative estimate of drug-likeness (QED) is 0.108. The molecule has 0 bridgehead atoms. The van der Waals surface area contributed by atoms with Crippen LogP contribution in [0.15, 0.2) is 12.2 Å². The lowest BCUT2D eigenvalue weighted by molar-refractivity contribution is -0.196. The fraction of sp³-hybridized carbons (Fsp3) is 0.903. The molecule has 0 aromatic rings. The Morgan fingerprint density at radius 1 is 1.11 bits per heavy atom. The Labute approximate surface area is 234 Å². The zero-order chi connectivity index (χ0) is 28.2. The molecule has 0 radical (unpaired) electrons. The van der Waals surface area contributed by atoms with Gasteiger partial charge in [0, 0.05) is 25.6 Å². The van der Waals surface area contributed by atoms with Gasteiger partial charge in [0.2, 0.25) is 0 Å². The maximum atomic E-state index is 11.1. The lowest BCUT2D eigenvalue weighted by Crippen LogP contribution is -2.44. The van der Waals surface area contributed by atoms with Crippen molar-refractivity contribution in [1.29, 1.82) is 0 Å². The minimum atomic E-state index is -1.88. The molecule has 38 heavy (non-hydrogen) atoms. The second-order valence-corrected chi connectivity index (χ2v) is 17.9. The van der Waals surface area contributed by atoms with E-state index in [1.165, 1.54) is 19.3 Å². The number of ether oxygens (including phenoxy) is 2. The van der Waals surface area contributed by atoms with Gasteiger partial charge >= 0.3 is 5.97 Å². The van der Waals surface area contributed by atoms with Gasteiger partial charge in [-0.05, 0) is 87.8 Å². The summed E-state index contributed by atoms with van der Waals surface area (Å²) in [6.45, 7) is 14.6. The summed E-state index contributed by atoms with van der Waals surface area (Å²) >= 11 is 0. The normalized spacial score (nSPS) is 27.7. The summed E-state index contributed by atoms with van der Waals surface area (Å²) in [5.74, 6) is -0.345. The molecular formula is C31H58O6Si. The maximum absolute atomic E-state index is 11.1. The third kappa shape index (κ3) is 11.4. The van der Waals surface area contributed by atoms with Crippen molar-refractivity contribution in [3.8, 4) is 0 Å². The number of carboxylic acid groups (broad SMARTS) is 1. The molecule has 1 aliphatic heterocycles. The van der Waals surface area contributed by atoms with Crippen LogP contribution in [0.2, 0.25) is 18.1 Å². The number of allylic oxidation sites excluding steroid dienone is 2. The average molecular weight is 555 g/mol. The van der Waals surface area contributed by atoms with Crippen molar-refractivity contribution < 1.29 is 28.9 Å². The standard InChI is InChI=1S/C31H58O6Si/c1-7-8-11-16-24(37-38(5,6)31(2,3)4)20-21-26-25(17-12-9-10-13-18-29(33)34)27(32)23-28(26)36-30-19-14-15-22-35-30/h9,12,24-28,30,32H,7-8,10-11,13-23H2,1-6H3,(H,33,34)/b12-9-/t24?,25-,26-,27+,28?,30?/m1/s1. The van der Waals surface area contributed by atoms with Crippen LogP contribution in [-0.2, 0) is 18.7 Å². The number of hydrogen-bond donors (Lipinski definition) is 2. The molecule has 0 aromatic carbocycles. The monoisotopic (exact) mass is 554 g/mol. The van der Waals surface area contributed by atoms with Crippen molar-refractivity contribution in [2.24, 2.45) is 11.8 Å². The second-order valence-electron chi connectivity index (χ2n) is 13.2. The van der Waals surface area contributed by atoms with E-state index in [4.69, 9.17) is 19.0 Å². The zero-order valence-corrected chi connectivity index (χ0v) is 26.3. The summed E-state index contributed by atoms with van der Waals surface area (Å²) in [5.41, 5.74) is 0. The third-order valence-electron chi connectivity index (χ3n) is 9.02. The minimum Gasteiger partial charge on any atom is -0.481 e. The van der Waals surface area contributed by atoms with Crippen LogP contribution in [-0.4, -0.2) is 55.7 Å². The molecule has 222 valence electrons. The topological polar surface area (TPSA) is 85.2 Å². The fourth-order valence-corrected chi connectivity index (χ4v) is 7.07. The first-order chi connectivity index (χ1) is 17.9. The molecule has 2 N–H and O–H groups in total. The van der Waals surface area contributed by atoms with E-state index >= 15 is 0 Å². The Morgan fingerprint density at radius 3 is 2.50 bits per heavy atom. The molecule has 1 aliphatic carbocycles. The molecule has 1 heterocycles. The SMILES string of the molecule is CCCCCC(CC[C@H]1C(OC2CCCCO2)C[C@H](O)[C@@H]1C/C=C\CCCC(=O)O)O[Si](C)(C)C(C)(C)C. The third-order valence-corrected chi connectivity index (χ3v) is 13.6. The number of unbranched alkanes of at least 4 members (excludes halogenated alkanes) is 3. The summed E-state index contributed by atoms with van der Waals surface area (Å²) in [7, 11) is -1.88. The maximum Gasteiger partial charge on any atom is 0.303 e. The summed E-state index contributed by atoms with van der Waals surface area (Å²) < 4.78 is 19.4. The Bertz CT molecular complexity index is 697. The van der Waals surface area contributed by atoms with Crippen LogP contribution >= 0.6 is 0 Å². The van der Waals surface area contributed by atoms with Crippen molar-refractivity contribution in [2.45, 2.75) is 160 Å². The van der Waals surface area contributed by atoms with Crippen molar-refractivity contribution in [2.75, 3.05) is 6.61 Å². The fourth-order valence-electron chi connectivity index (χ4n) is 5.65. The van der Waals surface area contributed by atoms with Crippen LogP contribution in [0.1, 0.15) is 118 Å². The van der Waals surface area contributed by atoms with Gasteiger partial charge in [0.1, 0.15) is 0 Å². The Balaban J connectivity index is 2.10. The minimum absolute atomic E-state index is 0.00248. The first-order valence-corrected chi connectivity index (χ1v) is 18.3. The van der Waals surface area contributed by atoms with Crippen LogP contribution < -0.4 is 0 Å². The first-order valence-electron chi connectivity index (χ1n) is 15.4. The number of rotatable bonds is 17. The van der Waals surface area contributed by atoms with Crippen molar-refractivity contribution in [1.82, 2.24) is 0 Å². The highest BCUT2D eigenvalue weighted by atomic mass is 28.4. The summed E-state index contributed by atoms with van der Waals surface area (Å²) in [6.07, 6.45) is 16.9. The van der Waals surface area contributed by atoms with E-state index in [0.717, 1.165) is 58.0 Å². The van der Waals surface area contributed by atoms with Gasteiger partial charge in [-0.2, -0.15) is 0 Å². The Morgan fingerprint density at radius 2 is 1.87 bits per heavy atom. The summed E-state index contributed by atoms with van der Waals surface area (Å²) in [4.78, 5) is 10.8. The Hall–Kier alpha value is -0.733. The largest absolute Gasteiger partial charge is 0.481 e. The van der Waals surface area contributed by atoms with E-state index < -0.39 is 20.4 Å². The number of carbonyl (C=O) groups is 1. The van der Waals surface area contributed by atoms with Gasteiger partial charge in [0.25, 0.3) is 0 Å². The predicted octanol–water partition coefficient (Wildman–Crippen LogP) is 7.85. The molecule has 2 fully saturated rings. The van der Waals surface area contributed by atoms with Crippen LogP contribution in [0, 0.1) is 11.8 Å². The van der Waals surface area contributed by atoms with E-state index in [0.29, 0.717) is 12.8 Å². The number of aliphatic hydroxyl groups excluding tert-OH is 1. The predicted molar refractivity (Wildman–Crippen MR) is 157 cm³/mol. The van der Waals surface area contributed by atoms with Crippen molar-refractivity contribution in [3.63, 3.8) is 0 Å². The van der Waals surface area contributed by atoms with E-state index in [1.807, 2.05) is 0 Å². The number of aliphatic carboxylic acids is 1. The zero-order valence-electron chi connectivity index (χ0n) is 25.3. The van der Waals surface area contributed by atoms with Crippen LogP contribution in [0.3, 0.4) is 0 Å². The van der Waals surface area contributed by atoms with Crippen LogP contribution in [0.4, 0.5) is 0 Å². The molecule has 7 heteroatoms. The number of carboxylic acids is 1. The molecule has 0 amide bonds. The molecule has 0 spiro atoms. The van der Waals surface area contributed by atoms with E-state index in [-0.39, 0.29) is 41.8 Å². The summed E-state index contributed by atoms with van der Waals surface area (Å²) in [6, 6.07) is 0. The molecule has 0 aromatic heterocycles. The highest BCUT2D eigenvalue weighted by Gasteiger charge is 2.44. The van der Waals surface area contributed by atoms with Gasteiger partial charge in [0.15, 0.2) is 14.6 Å². The van der Waals surface area contributed by atoms with Gasteiger partial charge < -0.3 is 24.1 Å². The smallest absolute Gasteiger partial charge is 0.303 e. The van der Waals surface area contributed by atoms with Crippen molar-refractivity contribution >= 4 is 14.3 Å². The number of hydrogen-bond acceptors (Lipinski definition) is 5. The van der Waals surface area contributed by atoms with E-state index in [9.17, 15) is 9.90 Å². The summed E-state index contributed by atoms with van der Waals surface area (Å²) in [5, 5.41) is 20.2. The van der Waals surface area contributed by atoms with Crippen LogP contribution in [0.25, 0.3) is 0 Å². The van der Waals surface area contributed by atoms with Gasteiger partial charge in [-0.15, -0.1) is 0 Å². The van der Waals surface area contributed by atoms with Gasteiger partial charge in [-0.3, -0.25) is 4.79 Å². The van der Waals surface area contributed by atoms with Gasteiger partial charge in [0.05, 0.1) is 12.2 Å². The molecule has 3 unspecified atom stereocenters. The van der Waals surface area contributed by atoms with Crippen LogP contribution in [0.5, 0.6) is 0 Å². The van der Waals surface area contributed by atoms with Gasteiger partial charge in [-0.1, -0.05) is 59.1 Å². The van der Waals surface area contributed by atoms with Gasteiger partial charge in [-0.25, -0.2) is 0 Å². The highest BCUT2D eigenvalue weighted by Crippen LogP contribution is 2.43. The molecular weight excluding hydrogens is 496 g/mol. The second kappa shape index (κ2) is 16.5. The highest BCUT2D eigenvalue weighted by molar-refractivity contribution is 6.74. The number of aliphatic hydroxyl groups is 1. The molecule has 2 aliphatic rings. The molecule has 6 atom stereocenters. The van der Waals surface area contributed by atoms with E-state index in [2.05, 4.69) is 52.9 Å². The average Bonchev–Trinajstić information content (AvgIpc) is 3.12. The van der Waals surface area contributed by atoms with E-state index in [1.54, 1.807) is 0 Å². The lowest BCUT2D eigenvalue weighted by Gasteiger charge is -2.40. The Kier molecular flexibility index (Phi) is 14.5. The first kappa shape index (κ1) is 33.5. The lowest BCUT2D eigenvalue weighted by atomic mass is 9.85. The molecule has 2 rings (SSSR count). The van der Waals surface area contributed by atoms with Crippen molar-refractivity contribution in [3.05, 3.63) is 12.2 Å². The molecule has 6 nitrogen and oxygen atoms in total. The molecule has 1 saturated carbocycles. The molecule has 1 saturated heterocycles.